The van der Waals surface area contributed by atoms with Crippen molar-refractivity contribution in [2.24, 2.45) is 17.6 Å². The van der Waals surface area contributed by atoms with Crippen LogP contribution in [0.1, 0.15) is 33.1 Å². The van der Waals surface area contributed by atoms with Crippen LogP contribution in [0.4, 0.5) is 0 Å². The summed E-state index contributed by atoms with van der Waals surface area (Å²) in [4.78, 5) is 11.0. The third-order valence-electron chi connectivity index (χ3n) is 3.74. The lowest BCUT2D eigenvalue weighted by Gasteiger charge is -2.32. The van der Waals surface area contributed by atoms with Gasteiger partial charge in [0.05, 0.1) is 12.7 Å². The highest BCUT2D eigenvalue weighted by Crippen LogP contribution is 2.30. The Morgan fingerprint density at radius 1 is 1.44 bits per heavy atom. The molecule has 0 radical (unpaired) electrons. The normalized spacial score (nSPS) is 32.3. The second-order valence-corrected chi connectivity index (χ2v) is 4.97. The predicted octanol–water partition coefficient (Wildman–Crippen LogP) is 0.901. The molecule has 4 unspecified atom stereocenters. The third-order valence-corrected chi connectivity index (χ3v) is 3.74. The molecule has 1 aliphatic carbocycles. The summed E-state index contributed by atoms with van der Waals surface area (Å²) in [5.41, 5.74) is 5.23. The molecule has 0 spiro atoms. The number of rotatable bonds is 5. The monoisotopic (exact) mass is 228 g/mol. The molecule has 3 N–H and O–H groups in total. The van der Waals surface area contributed by atoms with Gasteiger partial charge in [-0.05, 0) is 38.1 Å². The number of hydrogen-bond acceptors (Lipinski definition) is 3. The van der Waals surface area contributed by atoms with Gasteiger partial charge in [-0.15, -0.1) is 0 Å². The lowest BCUT2D eigenvalue weighted by molar-refractivity contribution is -0.122. The summed E-state index contributed by atoms with van der Waals surface area (Å²) in [6, 6.07) is -0.366. The van der Waals surface area contributed by atoms with E-state index in [9.17, 15) is 4.79 Å². The molecule has 0 aliphatic heterocycles. The summed E-state index contributed by atoms with van der Waals surface area (Å²) in [5, 5.41) is 2.86. The Morgan fingerprint density at radius 2 is 2.12 bits per heavy atom. The Bertz CT molecular complexity index is 233. The molecule has 0 aromatic rings. The number of primary amides is 1. The van der Waals surface area contributed by atoms with Gasteiger partial charge in [-0.25, -0.2) is 0 Å². The molecule has 0 aromatic heterocycles. The molecule has 1 fully saturated rings. The molecule has 94 valence electrons. The molecular weight excluding hydrogens is 204 g/mol. The number of carbonyl (C=O) groups excluding carboxylic acids is 1. The van der Waals surface area contributed by atoms with Crippen molar-refractivity contribution in [1.29, 1.82) is 0 Å². The van der Waals surface area contributed by atoms with Crippen molar-refractivity contribution >= 4 is 5.91 Å². The number of ether oxygens (including phenoxy) is 1. The van der Waals surface area contributed by atoms with Gasteiger partial charge in [0.25, 0.3) is 0 Å². The third kappa shape index (κ3) is 3.76. The standard InChI is InChI=1S/C12H24N2O2/c1-8-4-5-10(6-9(8)2)16-7-11(14-3)12(13)15/h8-11,14H,4-7H2,1-3H3,(H2,13,15). The number of amides is 1. The molecule has 0 saturated heterocycles. The summed E-state index contributed by atoms with van der Waals surface area (Å²) < 4.78 is 5.75. The van der Waals surface area contributed by atoms with Gasteiger partial charge in [-0.2, -0.15) is 0 Å². The van der Waals surface area contributed by atoms with Crippen molar-refractivity contribution < 1.29 is 9.53 Å². The van der Waals surface area contributed by atoms with Gasteiger partial charge in [0.2, 0.25) is 5.91 Å². The van der Waals surface area contributed by atoms with E-state index in [-0.39, 0.29) is 11.9 Å². The van der Waals surface area contributed by atoms with E-state index in [1.807, 2.05) is 0 Å². The van der Waals surface area contributed by atoms with E-state index in [1.54, 1.807) is 7.05 Å². The number of nitrogens with two attached hydrogens (primary N) is 1. The second kappa shape index (κ2) is 6.21. The average Bonchev–Trinajstić information content (AvgIpc) is 2.23. The first-order valence-electron chi connectivity index (χ1n) is 6.12. The van der Waals surface area contributed by atoms with Crippen molar-refractivity contribution in [1.82, 2.24) is 5.32 Å². The minimum Gasteiger partial charge on any atom is -0.376 e. The van der Waals surface area contributed by atoms with Crippen molar-refractivity contribution in [3.8, 4) is 0 Å². The minimum atomic E-state index is -0.366. The van der Waals surface area contributed by atoms with Crippen LogP contribution in [0.5, 0.6) is 0 Å². The zero-order valence-electron chi connectivity index (χ0n) is 10.5. The van der Waals surface area contributed by atoms with Gasteiger partial charge in [-0.1, -0.05) is 13.8 Å². The van der Waals surface area contributed by atoms with E-state index >= 15 is 0 Å². The van der Waals surface area contributed by atoms with Crippen molar-refractivity contribution in [3.63, 3.8) is 0 Å². The largest absolute Gasteiger partial charge is 0.376 e. The van der Waals surface area contributed by atoms with Gasteiger partial charge in [-0.3, -0.25) is 4.79 Å². The van der Waals surface area contributed by atoms with Gasteiger partial charge in [0.15, 0.2) is 0 Å². The molecule has 1 aliphatic rings. The highest BCUT2D eigenvalue weighted by atomic mass is 16.5. The van der Waals surface area contributed by atoms with E-state index in [0.29, 0.717) is 18.6 Å². The maximum Gasteiger partial charge on any atom is 0.236 e. The molecule has 0 heterocycles. The van der Waals surface area contributed by atoms with Crippen LogP contribution in [0.2, 0.25) is 0 Å². The lowest BCUT2D eigenvalue weighted by atomic mass is 9.80. The van der Waals surface area contributed by atoms with Crippen LogP contribution in [-0.2, 0) is 9.53 Å². The number of likely N-dealkylation sites (N-methyl/N-ethyl adjacent to an activating group) is 1. The van der Waals surface area contributed by atoms with E-state index in [2.05, 4.69) is 19.2 Å². The lowest BCUT2D eigenvalue weighted by Crippen LogP contribution is -2.44. The minimum absolute atomic E-state index is 0.293. The van der Waals surface area contributed by atoms with Crippen LogP contribution < -0.4 is 11.1 Å². The van der Waals surface area contributed by atoms with Gasteiger partial charge in [0.1, 0.15) is 6.04 Å². The first-order valence-corrected chi connectivity index (χ1v) is 6.12. The quantitative estimate of drug-likeness (QED) is 0.735. The summed E-state index contributed by atoms with van der Waals surface area (Å²) in [5.74, 6) is 1.15. The van der Waals surface area contributed by atoms with Crippen molar-refractivity contribution in [2.75, 3.05) is 13.7 Å². The zero-order chi connectivity index (χ0) is 12.1. The van der Waals surface area contributed by atoms with Crippen LogP contribution in [0, 0.1) is 11.8 Å². The van der Waals surface area contributed by atoms with Crippen molar-refractivity contribution in [3.05, 3.63) is 0 Å². The van der Waals surface area contributed by atoms with Crippen LogP contribution in [-0.4, -0.2) is 31.7 Å². The molecule has 4 atom stereocenters. The Labute approximate surface area is 97.9 Å². The fourth-order valence-corrected chi connectivity index (χ4v) is 2.19. The Balaban J connectivity index is 2.30. The summed E-state index contributed by atoms with van der Waals surface area (Å²) in [6.07, 6.45) is 3.70. The van der Waals surface area contributed by atoms with Gasteiger partial charge in [0, 0.05) is 0 Å². The highest BCUT2D eigenvalue weighted by molar-refractivity contribution is 5.79. The molecule has 1 amide bonds. The fourth-order valence-electron chi connectivity index (χ4n) is 2.19. The zero-order valence-corrected chi connectivity index (χ0v) is 10.5. The molecular formula is C12H24N2O2. The fraction of sp³-hybridized carbons (Fsp3) is 0.917. The molecule has 1 saturated carbocycles. The second-order valence-electron chi connectivity index (χ2n) is 4.97. The molecule has 16 heavy (non-hydrogen) atoms. The molecule has 4 heteroatoms. The van der Waals surface area contributed by atoms with Gasteiger partial charge < -0.3 is 15.8 Å². The molecule has 0 aromatic carbocycles. The Morgan fingerprint density at radius 3 is 2.62 bits per heavy atom. The maximum atomic E-state index is 11.0. The molecule has 1 rings (SSSR count). The van der Waals surface area contributed by atoms with E-state index in [4.69, 9.17) is 10.5 Å². The number of hydrogen-bond donors (Lipinski definition) is 2. The average molecular weight is 228 g/mol. The first kappa shape index (κ1) is 13.5. The van der Waals surface area contributed by atoms with Gasteiger partial charge >= 0.3 is 0 Å². The van der Waals surface area contributed by atoms with Crippen LogP contribution in [0.3, 0.4) is 0 Å². The SMILES string of the molecule is CNC(COC1CCC(C)C(C)C1)C(N)=O. The molecule has 4 nitrogen and oxygen atoms in total. The topological polar surface area (TPSA) is 64.3 Å². The van der Waals surface area contributed by atoms with Crippen molar-refractivity contribution in [2.45, 2.75) is 45.3 Å². The van der Waals surface area contributed by atoms with E-state index < -0.39 is 0 Å². The Kier molecular flexibility index (Phi) is 5.22. The van der Waals surface area contributed by atoms with Crippen LogP contribution >= 0.6 is 0 Å². The molecule has 0 bridgehead atoms. The Hall–Kier alpha value is -0.610. The first-order chi connectivity index (χ1) is 7.54. The number of nitrogens with one attached hydrogen (secondary N) is 1. The summed E-state index contributed by atoms with van der Waals surface area (Å²) in [6.45, 7) is 4.95. The van der Waals surface area contributed by atoms with E-state index in [1.165, 1.54) is 6.42 Å². The number of carbonyl (C=O) groups is 1. The van der Waals surface area contributed by atoms with Crippen LogP contribution in [0.15, 0.2) is 0 Å². The van der Waals surface area contributed by atoms with E-state index in [0.717, 1.165) is 18.8 Å². The van der Waals surface area contributed by atoms with Crippen LogP contribution in [0.25, 0.3) is 0 Å². The highest BCUT2D eigenvalue weighted by Gasteiger charge is 2.26. The predicted molar refractivity (Wildman–Crippen MR) is 64.0 cm³/mol. The summed E-state index contributed by atoms with van der Waals surface area (Å²) >= 11 is 0. The summed E-state index contributed by atoms with van der Waals surface area (Å²) in [7, 11) is 1.73. The maximum absolute atomic E-state index is 11.0. The smallest absolute Gasteiger partial charge is 0.236 e.